The monoisotopic (exact) mass is 424 g/mol. The van der Waals surface area contributed by atoms with E-state index in [0.29, 0.717) is 16.9 Å². The number of para-hydroxylation sites is 1. The Morgan fingerprint density at radius 2 is 1.63 bits per heavy atom. The van der Waals surface area contributed by atoms with Gasteiger partial charge in [-0.3, -0.25) is 4.79 Å². The Labute approximate surface area is 175 Å². The third kappa shape index (κ3) is 5.24. The number of carbonyl (C=O) groups excluding carboxylic acids is 1. The first kappa shape index (κ1) is 21.1. The Hall–Kier alpha value is -3.65. The van der Waals surface area contributed by atoms with E-state index in [1.165, 1.54) is 31.5 Å². The quantitative estimate of drug-likeness (QED) is 0.356. The lowest BCUT2D eigenvalue weighted by molar-refractivity contribution is 0.0955. The van der Waals surface area contributed by atoms with Gasteiger partial charge in [-0.15, -0.1) is 0 Å². The van der Waals surface area contributed by atoms with Crippen LogP contribution in [0.25, 0.3) is 0 Å². The molecule has 30 heavy (non-hydrogen) atoms. The van der Waals surface area contributed by atoms with Crippen molar-refractivity contribution < 1.29 is 22.1 Å². The number of hydrogen-bond acceptors (Lipinski definition) is 6. The van der Waals surface area contributed by atoms with Crippen LogP contribution >= 0.6 is 0 Å². The largest absolute Gasteiger partial charge is 0.497 e. The van der Waals surface area contributed by atoms with Crippen LogP contribution in [0.15, 0.2) is 82.8 Å². The molecule has 0 bridgehead atoms. The molecule has 0 spiro atoms. The average molecular weight is 424 g/mol. The highest BCUT2D eigenvalue weighted by Gasteiger charge is 2.17. The van der Waals surface area contributed by atoms with Gasteiger partial charge in [0.05, 0.1) is 13.3 Å². The summed E-state index contributed by atoms with van der Waals surface area (Å²) in [5.74, 6) is 0.316. The van der Waals surface area contributed by atoms with Crippen LogP contribution in [0, 0.1) is 6.92 Å². The lowest BCUT2D eigenvalue weighted by Crippen LogP contribution is -2.17. The average Bonchev–Trinajstić information content (AvgIpc) is 2.75. The fourth-order valence-electron chi connectivity index (χ4n) is 2.50. The molecule has 0 heterocycles. The van der Waals surface area contributed by atoms with Gasteiger partial charge in [0.15, 0.2) is 5.75 Å². The van der Waals surface area contributed by atoms with E-state index in [2.05, 4.69) is 10.5 Å². The van der Waals surface area contributed by atoms with Gasteiger partial charge >= 0.3 is 10.1 Å². The maximum Gasteiger partial charge on any atom is 0.339 e. The number of hydrazone groups is 1. The van der Waals surface area contributed by atoms with E-state index in [0.717, 1.165) is 5.56 Å². The summed E-state index contributed by atoms with van der Waals surface area (Å²) in [5.41, 5.74) is 4.13. The van der Waals surface area contributed by atoms with Crippen molar-refractivity contribution in [3.8, 4) is 11.5 Å². The Bertz CT molecular complexity index is 1150. The van der Waals surface area contributed by atoms with Gasteiger partial charge in [0, 0.05) is 11.1 Å². The highest BCUT2D eigenvalue weighted by Crippen LogP contribution is 2.22. The van der Waals surface area contributed by atoms with Crippen molar-refractivity contribution in [1.29, 1.82) is 0 Å². The molecule has 3 aromatic rings. The van der Waals surface area contributed by atoms with Gasteiger partial charge in [-0.2, -0.15) is 13.5 Å². The fourth-order valence-corrected chi connectivity index (χ4v) is 3.46. The number of methoxy groups -OCH3 is 1. The predicted octanol–water partition coefficient (Wildman–Crippen LogP) is 3.54. The van der Waals surface area contributed by atoms with Gasteiger partial charge in [0.1, 0.15) is 10.6 Å². The fraction of sp³-hybridized carbons (Fsp3) is 0.0909. The van der Waals surface area contributed by atoms with Crippen LogP contribution in [0.1, 0.15) is 21.5 Å². The molecule has 0 aliphatic rings. The molecule has 3 rings (SSSR count). The summed E-state index contributed by atoms with van der Waals surface area (Å²) in [6.07, 6.45) is 1.32. The minimum atomic E-state index is -4.00. The van der Waals surface area contributed by atoms with E-state index >= 15 is 0 Å². The number of benzene rings is 3. The summed E-state index contributed by atoms with van der Waals surface area (Å²) in [7, 11) is -2.46. The lowest BCUT2D eigenvalue weighted by atomic mass is 10.2. The number of aryl methyl sites for hydroxylation is 1. The van der Waals surface area contributed by atoms with Gasteiger partial charge in [0.25, 0.3) is 5.91 Å². The smallest absolute Gasteiger partial charge is 0.339 e. The zero-order valence-electron chi connectivity index (χ0n) is 16.4. The number of amides is 1. The first-order valence-electron chi connectivity index (χ1n) is 8.97. The summed E-state index contributed by atoms with van der Waals surface area (Å²) >= 11 is 0. The number of hydrogen-bond donors (Lipinski definition) is 1. The van der Waals surface area contributed by atoms with Gasteiger partial charge in [-0.25, -0.2) is 5.43 Å². The molecule has 0 radical (unpaired) electrons. The maximum atomic E-state index is 12.5. The van der Waals surface area contributed by atoms with Gasteiger partial charge in [0.2, 0.25) is 0 Å². The summed E-state index contributed by atoms with van der Waals surface area (Å²) in [5, 5.41) is 3.90. The summed E-state index contributed by atoms with van der Waals surface area (Å²) in [6, 6.07) is 19.4. The van der Waals surface area contributed by atoms with Gasteiger partial charge in [-0.1, -0.05) is 29.8 Å². The van der Waals surface area contributed by atoms with E-state index in [1.54, 1.807) is 54.6 Å². The van der Waals surface area contributed by atoms with Crippen molar-refractivity contribution >= 4 is 22.2 Å². The van der Waals surface area contributed by atoms with Crippen LogP contribution < -0.4 is 14.3 Å². The van der Waals surface area contributed by atoms with Crippen molar-refractivity contribution in [2.45, 2.75) is 11.8 Å². The van der Waals surface area contributed by atoms with Crippen molar-refractivity contribution in [2.24, 2.45) is 5.10 Å². The molecule has 0 saturated heterocycles. The molecule has 3 aromatic carbocycles. The summed E-state index contributed by atoms with van der Waals surface area (Å²) in [6.45, 7) is 1.86. The standard InChI is InChI=1S/C22H20N2O5S/c1-16-7-13-20(14-8-16)30(26,27)29-21-6-4-3-5-18(21)15-23-24-22(25)17-9-11-19(28-2)12-10-17/h3-15H,1-2H3,(H,24,25)/b23-15-. The van der Waals surface area contributed by atoms with Gasteiger partial charge in [-0.05, 0) is 55.5 Å². The molecule has 0 aliphatic carbocycles. The Balaban J connectivity index is 1.73. The maximum absolute atomic E-state index is 12.5. The van der Waals surface area contributed by atoms with E-state index in [-0.39, 0.29) is 10.6 Å². The molecule has 154 valence electrons. The normalized spacial score (nSPS) is 11.3. The lowest BCUT2D eigenvalue weighted by Gasteiger charge is -2.09. The summed E-state index contributed by atoms with van der Waals surface area (Å²) in [4.78, 5) is 12.2. The van der Waals surface area contributed by atoms with Crippen LogP contribution in [-0.4, -0.2) is 27.6 Å². The minimum Gasteiger partial charge on any atom is -0.497 e. The van der Waals surface area contributed by atoms with Crippen LogP contribution in [0.2, 0.25) is 0 Å². The van der Waals surface area contributed by atoms with Crippen LogP contribution in [0.3, 0.4) is 0 Å². The molecule has 1 N–H and O–H groups in total. The molecule has 7 nitrogen and oxygen atoms in total. The number of rotatable bonds is 7. The molecular weight excluding hydrogens is 404 g/mol. The zero-order chi connectivity index (χ0) is 21.6. The first-order chi connectivity index (χ1) is 14.4. The topological polar surface area (TPSA) is 94.1 Å². The number of nitrogens with zero attached hydrogens (tertiary/aromatic N) is 1. The van der Waals surface area contributed by atoms with E-state index in [1.807, 2.05) is 6.92 Å². The predicted molar refractivity (Wildman–Crippen MR) is 113 cm³/mol. The molecule has 0 aromatic heterocycles. The molecule has 0 fully saturated rings. The summed E-state index contributed by atoms with van der Waals surface area (Å²) < 4.78 is 35.4. The Morgan fingerprint density at radius 3 is 2.30 bits per heavy atom. The molecule has 1 amide bonds. The molecular formula is C22H20N2O5S. The molecule has 0 unspecified atom stereocenters. The SMILES string of the molecule is COc1ccc(C(=O)N/N=C\c2ccccc2OS(=O)(=O)c2ccc(C)cc2)cc1. The second-order valence-corrected chi connectivity index (χ2v) is 7.86. The number of ether oxygens (including phenoxy) is 1. The van der Waals surface area contributed by atoms with E-state index in [9.17, 15) is 13.2 Å². The second kappa shape index (κ2) is 9.23. The van der Waals surface area contributed by atoms with Crippen LogP contribution in [-0.2, 0) is 10.1 Å². The molecule has 8 heteroatoms. The van der Waals surface area contributed by atoms with Crippen molar-refractivity contribution in [3.05, 3.63) is 89.5 Å². The highest BCUT2D eigenvalue weighted by molar-refractivity contribution is 7.87. The van der Waals surface area contributed by atoms with Crippen molar-refractivity contribution in [2.75, 3.05) is 7.11 Å². The molecule has 0 saturated carbocycles. The van der Waals surface area contributed by atoms with E-state index < -0.39 is 16.0 Å². The van der Waals surface area contributed by atoms with Crippen molar-refractivity contribution in [1.82, 2.24) is 5.43 Å². The Kier molecular flexibility index (Phi) is 6.48. The van der Waals surface area contributed by atoms with E-state index in [4.69, 9.17) is 8.92 Å². The minimum absolute atomic E-state index is 0.0488. The highest BCUT2D eigenvalue weighted by atomic mass is 32.2. The molecule has 0 atom stereocenters. The van der Waals surface area contributed by atoms with Gasteiger partial charge < -0.3 is 8.92 Å². The van der Waals surface area contributed by atoms with Crippen LogP contribution in [0.5, 0.6) is 11.5 Å². The van der Waals surface area contributed by atoms with Crippen LogP contribution in [0.4, 0.5) is 0 Å². The third-order valence-electron chi connectivity index (χ3n) is 4.15. The first-order valence-corrected chi connectivity index (χ1v) is 10.4. The zero-order valence-corrected chi connectivity index (χ0v) is 17.2. The number of carbonyl (C=O) groups is 1. The Morgan fingerprint density at radius 1 is 0.967 bits per heavy atom. The second-order valence-electron chi connectivity index (χ2n) is 6.32. The third-order valence-corrected chi connectivity index (χ3v) is 5.40. The van der Waals surface area contributed by atoms with Crippen molar-refractivity contribution in [3.63, 3.8) is 0 Å². The number of nitrogens with one attached hydrogen (secondary N) is 1. The molecule has 0 aliphatic heterocycles.